The number of carboxylic acids is 1. The molecule has 0 spiro atoms. The Morgan fingerprint density at radius 2 is 2.36 bits per heavy atom. The van der Waals surface area contributed by atoms with Gasteiger partial charge in [0.05, 0.1) is 5.56 Å². The molecule has 1 rings (SSSR count). The van der Waals surface area contributed by atoms with Crippen molar-refractivity contribution in [3.8, 4) is 18.1 Å². The van der Waals surface area contributed by atoms with Gasteiger partial charge < -0.3 is 9.84 Å². The molecule has 0 heterocycles. The summed E-state index contributed by atoms with van der Waals surface area (Å²) in [5, 5.41) is 8.82. The van der Waals surface area contributed by atoms with E-state index in [1.807, 2.05) is 0 Å². The lowest BCUT2D eigenvalue weighted by atomic mass is 10.1. The van der Waals surface area contributed by atoms with Crippen LogP contribution in [0.2, 0.25) is 0 Å². The normalized spacial score (nSPS) is 9.14. The number of carbonyl (C=O) groups is 1. The van der Waals surface area contributed by atoms with Gasteiger partial charge in [-0.25, -0.2) is 4.79 Å². The first kappa shape index (κ1) is 10.1. The lowest BCUT2D eigenvalue weighted by Gasteiger charge is -2.05. The third-order valence-electron chi connectivity index (χ3n) is 1.76. The van der Waals surface area contributed by atoms with E-state index in [1.54, 1.807) is 19.1 Å². The molecule has 0 aliphatic heterocycles. The van der Waals surface area contributed by atoms with Gasteiger partial charge in [-0.3, -0.25) is 0 Å². The van der Waals surface area contributed by atoms with Gasteiger partial charge in [-0.05, 0) is 24.6 Å². The molecule has 0 aromatic heterocycles. The molecule has 14 heavy (non-hydrogen) atoms. The van der Waals surface area contributed by atoms with E-state index in [-0.39, 0.29) is 12.2 Å². The maximum Gasteiger partial charge on any atom is 0.336 e. The Kier molecular flexibility index (Phi) is 3.14. The summed E-state index contributed by atoms with van der Waals surface area (Å²) < 4.78 is 5.10. The van der Waals surface area contributed by atoms with Gasteiger partial charge in [0.25, 0.3) is 0 Å². The van der Waals surface area contributed by atoms with Crippen LogP contribution in [-0.4, -0.2) is 17.7 Å². The fourth-order valence-electron chi connectivity index (χ4n) is 1.05. The highest BCUT2D eigenvalue weighted by atomic mass is 16.5. The maximum absolute atomic E-state index is 10.8. The maximum atomic E-state index is 10.8. The Morgan fingerprint density at radius 3 is 2.93 bits per heavy atom. The SMILES string of the molecule is C#CCOc1ccc(C)c(C(=O)O)c1. The van der Waals surface area contributed by atoms with Crippen molar-refractivity contribution in [2.45, 2.75) is 6.92 Å². The first-order valence-corrected chi connectivity index (χ1v) is 4.05. The van der Waals surface area contributed by atoms with E-state index in [4.69, 9.17) is 16.3 Å². The van der Waals surface area contributed by atoms with E-state index in [0.717, 1.165) is 0 Å². The minimum absolute atomic E-state index is 0.141. The molecule has 0 unspecified atom stereocenters. The number of benzene rings is 1. The second kappa shape index (κ2) is 4.33. The lowest BCUT2D eigenvalue weighted by Crippen LogP contribution is -2.01. The molecule has 0 atom stereocenters. The highest BCUT2D eigenvalue weighted by molar-refractivity contribution is 5.89. The van der Waals surface area contributed by atoms with Crippen molar-refractivity contribution in [3.63, 3.8) is 0 Å². The molecule has 1 N–H and O–H groups in total. The largest absolute Gasteiger partial charge is 0.481 e. The first-order chi connectivity index (χ1) is 6.65. The van der Waals surface area contributed by atoms with Crippen LogP contribution < -0.4 is 4.74 Å². The van der Waals surface area contributed by atoms with Crippen LogP contribution in [0.1, 0.15) is 15.9 Å². The quantitative estimate of drug-likeness (QED) is 0.738. The van der Waals surface area contributed by atoms with Crippen molar-refractivity contribution in [2.75, 3.05) is 6.61 Å². The summed E-state index contributed by atoms with van der Waals surface area (Å²) in [5.74, 6) is 1.82. The van der Waals surface area contributed by atoms with Gasteiger partial charge in [-0.15, -0.1) is 6.42 Å². The molecule has 1 aromatic rings. The summed E-state index contributed by atoms with van der Waals surface area (Å²) in [6, 6.07) is 4.85. The monoisotopic (exact) mass is 190 g/mol. The molecular weight excluding hydrogens is 180 g/mol. The zero-order valence-corrected chi connectivity index (χ0v) is 7.78. The molecule has 0 saturated carbocycles. The van der Waals surface area contributed by atoms with Crippen molar-refractivity contribution in [1.82, 2.24) is 0 Å². The van der Waals surface area contributed by atoms with Crippen LogP contribution in [0.5, 0.6) is 5.75 Å². The minimum Gasteiger partial charge on any atom is -0.481 e. The van der Waals surface area contributed by atoms with Crippen molar-refractivity contribution < 1.29 is 14.6 Å². The molecule has 0 saturated heterocycles. The molecule has 0 radical (unpaired) electrons. The van der Waals surface area contributed by atoms with E-state index >= 15 is 0 Å². The average molecular weight is 190 g/mol. The lowest BCUT2D eigenvalue weighted by molar-refractivity contribution is 0.0695. The number of carboxylic acid groups (broad SMARTS) is 1. The fourth-order valence-corrected chi connectivity index (χ4v) is 1.05. The van der Waals surface area contributed by atoms with E-state index in [2.05, 4.69) is 5.92 Å². The van der Waals surface area contributed by atoms with Crippen molar-refractivity contribution in [2.24, 2.45) is 0 Å². The predicted octanol–water partition coefficient (Wildman–Crippen LogP) is 1.71. The molecule has 0 fully saturated rings. The van der Waals surface area contributed by atoms with Crippen LogP contribution in [0.4, 0.5) is 0 Å². The number of terminal acetylenes is 1. The Hall–Kier alpha value is -1.95. The van der Waals surface area contributed by atoms with Gasteiger partial charge in [0.1, 0.15) is 12.4 Å². The van der Waals surface area contributed by atoms with Gasteiger partial charge in [-0.1, -0.05) is 12.0 Å². The van der Waals surface area contributed by atoms with Crippen LogP contribution in [-0.2, 0) is 0 Å². The molecule has 0 aliphatic carbocycles. The summed E-state index contributed by atoms with van der Waals surface area (Å²) in [6.45, 7) is 1.87. The number of aromatic carboxylic acids is 1. The van der Waals surface area contributed by atoms with E-state index < -0.39 is 5.97 Å². The van der Waals surface area contributed by atoms with Gasteiger partial charge in [0.15, 0.2) is 0 Å². The summed E-state index contributed by atoms with van der Waals surface area (Å²) in [7, 11) is 0. The van der Waals surface area contributed by atoms with E-state index in [1.165, 1.54) is 6.07 Å². The summed E-state index contributed by atoms with van der Waals surface area (Å²) >= 11 is 0. The second-order valence-corrected chi connectivity index (χ2v) is 2.77. The van der Waals surface area contributed by atoms with E-state index in [0.29, 0.717) is 11.3 Å². The Balaban J connectivity index is 2.96. The Bertz CT molecular complexity index is 388. The minimum atomic E-state index is -0.964. The van der Waals surface area contributed by atoms with Gasteiger partial charge in [0.2, 0.25) is 0 Å². The third kappa shape index (κ3) is 2.27. The number of ether oxygens (including phenoxy) is 1. The predicted molar refractivity (Wildman–Crippen MR) is 52.5 cm³/mol. The third-order valence-corrected chi connectivity index (χ3v) is 1.76. The molecule has 0 bridgehead atoms. The number of hydrogen-bond acceptors (Lipinski definition) is 2. The summed E-state index contributed by atoms with van der Waals surface area (Å²) in [6.07, 6.45) is 5.01. The smallest absolute Gasteiger partial charge is 0.336 e. The Morgan fingerprint density at radius 1 is 1.64 bits per heavy atom. The molecule has 3 heteroatoms. The zero-order valence-electron chi connectivity index (χ0n) is 7.78. The van der Waals surface area contributed by atoms with Crippen LogP contribution in [0, 0.1) is 19.3 Å². The van der Waals surface area contributed by atoms with Gasteiger partial charge in [0, 0.05) is 0 Å². The van der Waals surface area contributed by atoms with Crippen LogP contribution in [0.15, 0.2) is 18.2 Å². The van der Waals surface area contributed by atoms with Crippen molar-refractivity contribution >= 4 is 5.97 Å². The van der Waals surface area contributed by atoms with Crippen molar-refractivity contribution in [1.29, 1.82) is 0 Å². The average Bonchev–Trinajstić information content (AvgIpc) is 2.16. The summed E-state index contributed by atoms with van der Waals surface area (Å²) in [5.41, 5.74) is 0.935. The number of aryl methyl sites for hydroxylation is 1. The highest BCUT2D eigenvalue weighted by Crippen LogP contribution is 2.17. The summed E-state index contributed by atoms with van der Waals surface area (Å²) in [4.78, 5) is 10.8. The fraction of sp³-hybridized carbons (Fsp3) is 0.182. The van der Waals surface area contributed by atoms with Gasteiger partial charge >= 0.3 is 5.97 Å². The zero-order chi connectivity index (χ0) is 10.6. The van der Waals surface area contributed by atoms with Crippen LogP contribution in [0.25, 0.3) is 0 Å². The van der Waals surface area contributed by atoms with Crippen LogP contribution >= 0.6 is 0 Å². The molecule has 72 valence electrons. The molecule has 1 aromatic carbocycles. The molecule has 0 amide bonds. The van der Waals surface area contributed by atoms with Gasteiger partial charge in [-0.2, -0.15) is 0 Å². The van der Waals surface area contributed by atoms with E-state index in [9.17, 15) is 4.79 Å². The number of rotatable bonds is 3. The standard InChI is InChI=1S/C11H10O3/c1-3-6-14-9-5-4-8(2)10(7-9)11(12)13/h1,4-5,7H,6H2,2H3,(H,12,13). The molecular formula is C11H10O3. The second-order valence-electron chi connectivity index (χ2n) is 2.77. The molecule has 0 aliphatic rings. The number of hydrogen-bond donors (Lipinski definition) is 1. The first-order valence-electron chi connectivity index (χ1n) is 4.05. The van der Waals surface area contributed by atoms with Crippen LogP contribution in [0.3, 0.4) is 0 Å². The highest BCUT2D eigenvalue weighted by Gasteiger charge is 2.07. The topological polar surface area (TPSA) is 46.5 Å². The Labute approximate surface area is 82.3 Å². The molecule has 3 nitrogen and oxygen atoms in total. The van der Waals surface area contributed by atoms with Crippen molar-refractivity contribution in [3.05, 3.63) is 29.3 Å².